The van der Waals surface area contributed by atoms with Gasteiger partial charge in [-0.3, -0.25) is 0 Å². The number of alkyl halides is 3. The van der Waals surface area contributed by atoms with Crippen molar-refractivity contribution >= 4 is 37.4 Å². The molecule has 8 heteroatoms. The summed E-state index contributed by atoms with van der Waals surface area (Å²) in [5.74, 6) is 0. The van der Waals surface area contributed by atoms with Crippen molar-refractivity contribution in [3.8, 4) is 0 Å². The van der Waals surface area contributed by atoms with E-state index in [1.807, 2.05) is 0 Å². The largest absolute Gasteiger partial charge is 0.501 e. The van der Waals surface area contributed by atoms with Gasteiger partial charge in [0.25, 0.3) is 9.84 Å². The Morgan fingerprint density at radius 3 is 2.13 bits per heavy atom. The smallest absolute Gasteiger partial charge is 0.214 e. The predicted molar refractivity (Wildman–Crippen MR) is 52.4 cm³/mol. The lowest BCUT2D eigenvalue weighted by atomic mass is 10.4. The summed E-state index contributed by atoms with van der Waals surface area (Å²) >= 11 is 8.30. The molecule has 0 aromatic heterocycles. The number of rotatable bonds is 1. The molecule has 0 N–H and O–H groups in total. The summed E-state index contributed by atoms with van der Waals surface area (Å²) in [5.41, 5.74) is -5.32. The molecule has 0 fully saturated rings. The molecule has 0 aliphatic heterocycles. The maximum absolute atomic E-state index is 12.1. The molecule has 1 aromatic rings. The minimum atomic E-state index is -5.34. The molecular weight excluding hydrogens is 320 g/mol. The van der Waals surface area contributed by atoms with Crippen molar-refractivity contribution in [2.24, 2.45) is 0 Å². The van der Waals surface area contributed by atoms with Crippen LogP contribution in [-0.4, -0.2) is 13.9 Å². The topological polar surface area (TPSA) is 34.1 Å². The third-order valence-electron chi connectivity index (χ3n) is 1.45. The van der Waals surface area contributed by atoms with Crippen LogP contribution in [0.15, 0.2) is 27.6 Å². The molecule has 1 rings (SSSR count). The van der Waals surface area contributed by atoms with E-state index in [-0.39, 0.29) is 9.50 Å². The lowest BCUT2D eigenvalue weighted by molar-refractivity contribution is -0.0436. The zero-order chi connectivity index (χ0) is 11.9. The van der Waals surface area contributed by atoms with Crippen molar-refractivity contribution in [2.75, 3.05) is 0 Å². The van der Waals surface area contributed by atoms with Gasteiger partial charge in [0.2, 0.25) is 0 Å². The van der Waals surface area contributed by atoms with Crippen molar-refractivity contribution in [3.63, 3.8) is 0 Å². The fourth-order valence-electron chi connectivity index (χ4n) is 0.817. The van der Waals surface area contributed by atoms with E-state index in [0.717, 1.165) is 12.1 Å². The first-order chi connectivity index (χ1) is 6.64. The van der Waals surface area contributed by atoms with Crippen molar-refractivity contribution in [3.05, 3.63) is 27.7 Å². The van der Waals surface area contributed by atoms with Gasteiger partial charge in [0, 0.05) is 9.50 Å². The van der Waals surface area contributed by atoms with E-state index in [9.17, 15) is 21.6 Å². The molecule has 0 saturated carbocycles. The summed E-state index contributed by atoms with van der Waals surface area (Å²) in [5, 5.41) is -0.0906. The standard InChI is InChI=1S/C7H3BrClF3O2S/c8-4-1-5(9)3-6(2-4)15(13,14)7(10,11)12/h1-3H. The van der Waals surface area contributed by atoms with E-state index in [1.54, 1.807) is 0 Å². The molecule has 0 saturated heterocycles. The van der Waals surface area contributed by atoms with Crippen LogP contribution in [-0.2, 0) is 9.84 Å². The van der Waals surface area contributed by atoms with Crippen LogP contribution in [0.25, 0.3) is 0 Å². The molecule has 0 bridgehead atoms. The van der Waals surface area contributed by atoms with Gasteiger partial charge >= 0.3 is 5.51 Å². The van der Waals surface area contributed by atoms with Gasteiger partial charge in [0.05, 0.1) is 4.90 Å². The first-order valence-corrected chi connectivity index (χ1v) is 6.07. The number of hydrogen-bond donors (Lipinski definition) is 0. The minimum Gasteiger partial charge on any atom is -0.214 e. The third kappa shape index (κ3) is 2.64. The van der Waals surface area contributed by atoms with Crippen LogP contribution >= 0.6 is 27.5 Å². The second kappa shape index (κ2) is 3.95. The van der Waals surface area contributed by atoms with Crippen LogP contribution in [0.3, 0.4) is 0 Å². The molecule has 0 spiro atoms. The second-order valence-corrected chi connectivity index (χ2v) is 5.85. The number of benzene rings is 1. The monoisotopic (exact) mass is 322 g/mol. The minimum absolute atomic E-state index is 0.0906. The fourth-order valence-corrected chi connectivity index (χ4v) is 2.73. The van der Waals surface area contributed by atoms with Gasteiger partial charge in [0.1, 0.15) is 0 Å². The first kappa shape index (κ1) is 12.8. The third-order valence-corrected chi connectivity index (χ3v) is 3.59. The summed E-state index contributed by atoms with van der Waals surface area (Å²) in [6, 6.07) is 2.88. The predicted octanol–water partition coefficient (Wildman–Crippen LogP) is 3.40. The van der Waals surface area contributed by atoms with E-state index < -0.39 is 20.2 Å². The summed E-state index contributed by atoms with van der Waals surface area (Å²) in [6.07, 6.45) is 0. The number of sulfone groups is 1. The van der Waals surface area contributed by atoms with Gasteiger partial charge in [-0.15, -0.1) is 0 Å². The second-order valence-electron chi connectivity index (χ2n) is 2.55. The fraction of sp³-hybridized carbons (Fsp3) is 0.143. The Balaban J connectivity index is 3.41. The quantitative estimate of drug-likeness (QED) is 0.794. The Morgan fingerprint density at radius 1 is 1.20 bits per heavy atom. The van der Waals surface area contributed by atoms with E-state index >= 15 is 0 Å². The summed E-state index contributed by atoms with van der Waals surface area (Å²) in [4.78, 5) is -0.880. The van der Waals surface area contributed by atoms with Gasteiger partial charge in [-0.05, 0) is 18.2 Å². The molecule has 0 atom stereocenters. The highest BCUT2D eigenvalue weighted by molar-refractivity contribution is 9.10. The van der Waals surface area contributed by atoms with E-state index in [0.29, 0.717) is 0 Å². The lowest BCUT2D eigenvalue weighted by Gasteiger charge is -2.08. The van der Waals surface area contributed by atoms with Crippen molar-refractivity contribution < 1.29 is 21.6 Å². The molecule has 0 radical (unpaired) electrons. The zero-order valence-electron chi connectivity index (χ0n) is 6.85. The lowest BCUT2D eigenvalue weighted by Crippen LogP contribution is -2.23. The summed E-state index contributed by atoms with van der Waals surface area (Å²) in [6.45, 7) is 0. The van der Waals surface area contributed by atoms with Gasteiger partial charge < -0.3 is 0 Å². The highest BCUT2D eigenvalue weighted by atomic mass is 79.9. The molecule has 15 heavy (non-hydrogen) atoms. The molecule has 0 heterocycles. The SMILES string of the molecule is O=S(=O)(c1cc(Cl)cc(Br)c1)C(F)(F)F. The highest BCUT2D eigenvalue weighted by Crippen LogP contribution is 2.33. The zero-order valence-corrected chi connectivity index (χ0v) is 10.0. The van der Waals surface area contributed by atoms with Crippen molar-refractivity contribution in [1.29, 1.82) is 0 Å². The maximum Gasteiger partial charge on any atom is 0.501 e. The van der Waals surface area contributed by atoms with Gasteiger partial charge in [-0.25, -0.2) is 8.42 Å². The first-order valence-electron chi connectivity index (χ1n) is 3.42. The normalized spacial score (nSPS) is 12.9. The number of hydrogen-bond acceptors (Lipinski definition) is 2. The van der Waals surface area contributed by atoms with Crippen LogP contribution in [0.5, 0.6) is 0 Å². The van der Waals surface area contributed by atoms with Gasteiger partial charge in [-0.2, -0.15) is 13.2 Å². The van der Waals surface area contributed by atoms with Crippen LogP contribution in [0.2, 0.25) is 5.02 Å². The molecule has 0 aliphatic rings. The van der Waals surface area contributed by atoms with E-state index in [1.165, 1.54) is 6.07 Å². The molecule has 84 valence electrons. The highest BCUT2D eigenvalue weighted by Gasteiger charge is 2.47. The Labute approximate surface area is 97.1 Å². The Bertz CT molecular complexity index is 463. The molecule has 0 aliphatic carbocycles. The number of halogens is 5. The average molecular weight is 324 g/mol. The van der Waals surface area contributed by atoms with Crippen molar-refractivity contribution in [2.45, 2.75) is 10.4 Å². The Kier molecular flexibility index (Phi) is 3.37. The van der Waals surface area contributed by atoms with Crippen LogP contribution in [0, 0.1) is 0 Å². The van der Waals surface area contributed by atoms with Crippen molar-refractivity contribution in [1.82, 2.24) is 0 Å². The summed E-state index contributed by atoms with van der Waals surface area (Å²) < 4.78 is 58.5. The van der Waals surface area contributed by atoms with E-state index in [2.05, 4.69) is 15.9 Å². The average Bonchev–Trinajstić information content (AvgIpc) is 1.99. The molecular formula is C7H3BrClF3O2S. The Morgan fingerprint density at radius 2 is 1.73 bits per heavy atom. The summed E-state index contributed by atoms with van der Waals surface area (Å²) in [7, 11) is -5.34. The van der Waals surface area contributed by atoms with Crippen LogP contribution in [0.4, 0.5) is 13.2 Å². The molecule has 0 unspecified atom stereocenters. The van der Waals surface area contributed by atoms with Gasteiger partial charge in [-0.1, -0.05) is 27.5 Å². The van der Waals surface area contributed by atoms with Gasteiger partial charge in [0.15, 0.2) is 0 Å². The van der Waals surface area contributed by atoms with Crippen LogP contribution < -0.4 is 0 Å². The molecule has 2 nitrogen and oxygen atoms in total. The van der Waals surface area contributed by atoms with E-state index in [4.69, 9.17) is 11.6 Å². The molecule has 0 amide bonds. The molecule has 1 aromatic carbocycles. The Hall–Kier alpha value is -0.270. The maximum atomic E-state index is 12.1. The van der Waals surface area contributed by atoms with Crippen LogP contribution in [0.1, 0.15) is 0 Å².